The molecule has 11 N–H and O–H groups in total. The maximum Gasteiger partial charge on any atom is 0.282 e. The van der Waals surface area contributed by atoms with Gasteiger partial charge in [-0.2, -0.15) is 20.4 Å². The number of nitrogens with two attached hydrogens (primary N) is 4. The van der Waals surface area contributed by atoms with Gasteiger partial charge in [0, 0.05) is 0 Å². The Morgan fingerprint density at radius 1 is 0.545 bits per heavy atom. The van der Waals surface area contributed by atoms with E-state index in [1.807, 2.05) is 50.3 Å². The topological polar surface area (TPSA) is 441 Å². The van der Waals surface area contributed by atoms with Crippen LogP contribution in [0.15, 0.2) is 31.9 Å². The SMILES string of the molecule is C=Cc1nn([C@@H]2O[C@@H](CC)[C@H]3OC(C)(C)O[C@H]32)c2ncnc(N)c12.CC1(C)O[C@@H]2[C@H](O1)[C@H](CO[Si](C)(C)C(C)(C)C)O[C@H]2n1nc(C(F)F)c2c(N)ncnc21.CC[C@@H]1O[C@@H](n2nc(I)c3c(N)ncnc32)[C@@H]2OC(C)(C)O[C@@H]21.Nc1ncnc2c1c(I)nn2[C@@H]1O[C@@H](CO)[C@@H](O)[C@H]1O. The van der Waals surface area contributed by atoms with E-state index in [1.165, 1.54) is 34.7 Å². The van der Waals surface area contributed by atoms with Gasteiger partial charge in [-0.25, -0.2) is 67.4 Å². The number of nitrogen functional groups attached to an aromatic ring is 4. The first kappa shape index (κ1) is 72.9. The second kappa shape index (κ2) is 27.4. The molecule has 0 aliphatic carbocycles. The number of nitrogens with zero attached hydrogens (tertiary/aromatic N) is 16. The molecule has 0 saturated carbocycles. The summed E-state index contributed by atoms with van der Waals surface area (Å²) in [5.74, 6) is -1.15. The van der Waals surface area contributed by atoms with Crippen molar-refractivity contribution in [1.29, 1.82) is 0 Å². The van der Waals surface area contributed by atoms with Gasteiger partial charge in [-0.15, -0.1) is 0 Å². The van der Waals surface area contributed by atoms with E-state index in [1.54, 1.807) is 29.3 Å². The normalized spacial score (nSPS) is 30.4. The molecule has 7 fully saturated rings. The van der Waals surface area contributed by atoms with Crippen LogP contribution in [0.4, 0.5) is 32.1 Å². The summed E-state index contributed by atoms with van der Waals surface area (Å²) in [5.41, 5.74) is 25.6. The highest BCUT2D eigenvalue weighted by atomic mass is 127. The highest BCUT2D eigenvalue weighted by Crippen LogP contribution is 2.49. The molecule has 7 saturated heterocycles. The predicted molar refractivity (Wildman–Crippen MR) is 369 cm³/mol. The Labute approximate surface area is 594 Å². The molecule has 0 bridgehead atoms. The molecule has 8 aromatic rings. The summed E-state index contributed by atoms with van der Waals surface area (Å²) in [4.78, 5) is 32.7. The lowest BCUT2D eigenvalue weighted by molar-refractivity contribution is -0.200. The fraction of sp³-hybridized carbons (Fsp3) is 0.633. The second-order valence-electron chi connectivity index (χ2n) is 27.5. The standard InChI is InChI=1S/C20H31F2N5O4Si.C16H21N5O3.C14H18IN5O3.C10H12IN5O4/c1-19(2,3)32(6,7)28-8-10-13-14(31-20(4,5)30-13)18(29-10)27-17-11(12(26-27)15(21)22)16(23)24-9-25-17;1-5-8-10-13(17)18-7-19-14(10)21(20-8)15-12-11(9(6-2)22-15)23-16(3,4)24-12;1-4-6-8-9(23-14(2,3)22-8)13(21-6)20-12-7(10(15)19-20)11(16)17-5-18-12;11-7-4-8(12)13-2-14-9(4)16(15-7)10-6(19)5(18)3(1-17)20-10/h9-10,13-15,18H,8H2,1-7H3,(H2,23,24,25);5,7,9,11-12,15H,1,6H2,2-4H3,(H2,17,18,19);5-6,8-9,13H,4H2,1-3H3,(H2,16,17,18);2-3,5-6,10,17-19H,1H2,(H2,12,13,14)/t10-,13+,14+,18+;9-,11+,12+,15+;6-,8+,9+,13+;3-,5+,6+,10+/m0000/s1. The molecule has 0 unspecified atom stereocenters. The number of hydrogen-bond donors (Lipinski definition) is 7. The minimum atomic E-state index is -2.85. The molecule has 7 aliphatic rings. The van der Waals surface area contributed by atoms with E-state index < -0.39 is 106 Å². The fourth-order valence-corrected chi connectivity index (χ4v) is 15.4. The van der Waals surface area contributed by atoms with E-state index in [0.717, 1.165) is 21.9 Å². The van der Waals surface area contributed by atoms with E-state index in [9.17, 15) is 19.0 Å². The molecule has 0 amide bonds. The van der Waals surface area contributed by atoms with Gasteiger partial charge in [0.05, 0.1) is 52.7 Å². The average Bonchev–Trinajstić information content (AvgIpc) is 1.49. The first-order valence-electron chi connectivity index (χ1n) is 32.1. The third-order valence-electron chi connectivity index (χ3n) is 18.5. The molecule has 15 heterocycles. The van der Waals surface area contributed by atoms with Crippen molar-refractivity contribution in [3.8, 4) is 0 Å². The van der Waals surface area contributed by atoms with Crippen molar-refractivity contribution in [3.05, 3.63) is 50.7 Å². The van der Waals surface area contributed by atoms with Gasteiger partial charge in [0.25, 0.3) is 6.43 Å². The first-order chi connectivity index (χ1) is 46.6. The number of aliphatic hydroxyl groups is 3. The van der Waals surface area contributed by atoms with Gasteiger partial charge < -0.3 is 90.0 Å². The third-order valence-corrected chi connectivity index (χ3v) is 24.5. The van der Waals surface area contributed by atoms with Crippen LogP contribution in [0.5, 0.6) is 0 Å². The summed E-state index contributed by atoms with van der Waals surface area (Å²) >= 11 is 4.11. The molecule has 0 aromatic carbocycles. The lowest BCUT2D eigenvalue weighted by atomic mass is 10.1. The zero-order valence-corrected chi connectivity index (χ0v) is 61.9. The molecule has 8 aromatic heterocycles. The van der Waals surface area contributed by atoms with Crippen molar-refractivity contribution in [1.82, 2.24) is 79.0 Å². The van der Waals surface area contributed by atoms with Gasteiger partial charge >= 0.3 is 0 Å². The van der Waals surface area contributed by atoms with Crippen LogP contribution in [-0.2, 0) is 51.8 Å². The summed E-state index contributed by atoms with van der Waals surface area (Å²) in [6.07, 6.45) is -2.43. The van der Waals surface area contributed by atoms with Crippen molar-refractivity contribution in [2.45, 2.75) is 229 Å². The van der Waals surface area contributed by atoms with E-state index >= 15 is 0 Å². The molecule has 0 spiro atoms. The Balaban J connectivity index is 0.000000127. The number of fused-ring (bicyclic) bond motifs is 7. The molecular formula is C60H82F2I2N20O14Si. The molecule has 15 rings (SSSR count). The number of hydrogen-bond acceptors (Lipinski definition) is 30. The largest absolute Gasteiger partial charge is 0.414 e. The lowest BCUT2D eigenvalue weighted by Crippen LogP contribution is -2.44. The molecule has 538 valence electrons. The number of rotatable bonds is 12. The number of aliphatic hydroxyl groups excluding tert-OH is 3. The van der Waals surface area contributed by atoms with E-state index in [0.29, 0.717) is 55.4 Å². The Morgan fingerprint density at radius 2 is 0.899 bits per heavy atom. The van der Waals surface area contributed by atoms with Crippen LogP contribution in [-0.4, -0.2) is 206 Å². The van der Waals surface area contributed by atoms with E-state index in [4.69, 9.17) is 79.8 Å². The van der Waals surface area contributed by atoms with Gasteiger partial charge in [-0.1, -0.05) is 41.2 Å². The monoisotopic (exact) mass is 1630 g/mol. The first-order valence-corrected chi connectivity index (χ1v) is 37.1. The Hall–Kier alpha value is -5.88. The molecule has 16 atom stereocenters. The summed E-state index contributed by atoms with van der Waals surface area (Å²) in [5, 5.41) is 48.4. The quantitative estimate of drug-likeness (QED) is 0.0534. The summed E-state index contributed by atoms with van der Waals surface area (Å²) in [7, 11) is -2.05. The van der Waals surface area contributed by atoms with Gasteiger partial charge in [0.1, 0.15) is 123 Å². The van der Waals surface area contributed by atoms with Crippen molar-refractivity contribution in [3.63, 3.8) is 0 Å². The summed E-state index contributed by atoms with van der Waals surface area (Å²) in [6, 6.07) is 0. The zero-order chi connectivity index (χ0) is 71.5. The third kappa shape index (κ3) is 13.5. The number of alkyl halides is 2. The average molecular weight is 1630 g/mol. The van der Waals surface area contributed by atoms with Crippen molar-refractivity contribution in [2.24, 2.45) is 0 Å². The lowest BCUT2D eigenvalue weighted by Gasteiger charge is -2.37. The molecule has 0 radical (unpaired) electrons. The van der Waals surface area contributed by atoms with Crippen LogP contribution in [0.3, 0.4) is 0 Å². The van der Waals surface area contributed by atoms with Gasteiger partial charge in [-0.3, -0.25) is 0 Å². The molecule has 34 nitrogen and oxygen atoms in total. The van der Waals surface area contributed by atoms with Gasteiger partial charge in [0.15, 0.2) is 73.2 Å². The minimum Gasteiger partial charge on any atom is -0.414 e. The molecule has 99 heavy (non-hydrogen) atoms. The van der Waals surface area contributed by atoms with Crippen molar-refractivity contribution >= 4 is 127 Å². The molecule has 39 heteroatoms. The second-order valence-corrected chi connectivity index (χ2v) is 34.3. The summed E-state index contributed by atoms with van der Waals surface area (Å²) in [6.45, 7) is 29.9. The number of aromatic nitrogens is 16. The Morgan fingerprint density at radius 3 is 1.30 bits per heavy atom. The smallest absolute Gasteiger partial charge is 0.282 e. The predicted octanol–water partition coefficient (Wildman–Crippen LogP) is 6.13. The highest BCUT2D eigenvalue weighted by Gasteiger charge is 2.60. The van der Waals surface area contributed by atoms with Crippen molar-refractivity contribution in [2.75, 3.05) is 36.1 Å². The zero-order valence-electron chi connectivity index (χ0n) is 56.5. The Bertz CT molecular complexity index is 4300. The maximum absolute atomic E-state index is 13.7. The van der Waals surface area contributed by atoms with Crippen LogP contribution >= 0.6 is 45.2 Å². The number of halogens is 4. The number of ether oxygens (including phenoxy) is 10. The van der Waals surface area contributed by atoms with E-state index in [2.05, 4.69) is 137 Å². The van der Waals surface area contributed by atoms with Crippen LogP contribution in [0.2, 0.25) is 18.1 Å². The highest BCUT2D eigenvalue weighted by molar-refractivity contribution is 14.1. The fourth-order valence-electron chi connectivity index (χ4n) is 12.9. The van der Waals surface area contributed by atoms with Gasteiger partial charge in [0.2, 0.25) is 0 Å². The molecule has 7 aliphatic heterocycles. The Kier molecular flexibility index (Phi) is 20.2. The van der Waals surface area contributed by atoms with Crippen LogP contribution < -0.4 is 22.9 Å². The van der Waals surface area contributed by atoms with Crippen LogP contribution in [0.25, 0.3) is 50.2 Å². The van der Waals surface area contributed by atoms with Gasteiger partial charge in [-0.05, 0) is 124 Å². The van der Waals surface area contributed by atoms with Crippen molar-refractivity contribution < 1.29 is 75.9 Å². The maximum atomic E-state index is 13.7. The van der Waals surface area contributed by atoms with Crippen LogP contribution in [0, 0.1) is 7.40 Å². The summed E-state index contributed by atoms with van der Waals surface area (Å²) < 4.78 is 102. The minimum absolute atomic E-state index is 0.0156. The van der Waals surface area contributed by atoms with E-state index in [-0.39, 0.29) is 64.3 Å². The van der Waals surface area contributed by atoms with Crippen LogP contribution in [0.1, 0.15) is 132 Å². The number of anilines is 4. The molecular weight excluding hydrogens is 1540 g/mol.